The second-order valence-electron chi connectivity index (χ2n) is 17.2. The van der Waals surface area contributed by atoms with E-state index in [0.717, 1.165) is 16.7 Å². The molecule has 0 saturated heterocycles. The van der Waals surface area contributed by atoms with E-state index in [1.165, 1.54) is 30.0 Å². The van der Waals surface area contributed by atoms with Gasteiger partial charge in [-0.05, 0) is 88.8 Å². The van der Waals surface area contributed by atoms with Gasteiger partial charge in [-0.15, -0.1) is 11.8 Å². The second-order valence-corrected chi connectivity index (χ2v) is 18.4. The molecule has 1 unspecified atom stereocenters. The number of hydrogen-bond acceptors (Lipinski definition) is 11. The zero-order valence-corrected chi connectivity index (χ0v) is 39.1. The highest BCUT2D eigenvalue weighted by Gasteiger charge is 2.39. The molecule has 0 saturated carbocycles. The molecule has 0 heterocycles. The third kappa shape index (κ3) is 16.6. The van der Waals surface area contributed by atoms with E-state index in [1.807, 2.05) is 91.0 Å². The molecule has 0 spiro atoms. The third-order valence-corrected chi connectivity index (χ3v) is 11.1. The number of hydrogen-bond donors (Lipinski definition) is 5. The number of nitrogens with one attached hydrogen (secondary N) is 4. The Morgan fingerprint density at radius 1 is 0.652 bits per heavy atom. The lowest BCUT2D eigenvalue weighted by atomic mass is 9.84. The smallest absolute Gasteiger partial charge is 0.413 e. The van der Waals surface area contributed by atoms with Crippen molar-refractivity contribution in [1.82, 2.24) is 21.3 Å². The van der Waals surface area contributed by atoms with Gasteiger partial charge in [0.25, 0.3) is 0 Å². The molecule has 0 aliphatic rings. The SMILES string of the molecule is C=CCOC(=O)[C@H](Cc1ccc(OC(=O)NC(CCCNC(=O)OC(C)(C)C)C(=O)N[C@@H](CSC(c2ccccc2)(c2ccccc2)c2ccccc2)C(N)=O)cc1)NC(=O)OC(C)(C)C. The molecule has 0 aromatic heterocycles. The molecule has 0 aliphatic heterocycles. The number of thioether (sulfide) groups is 1. The average molecular weight is 924 g/mol. The van der Waals surface area contributed by atoms with Gasteiger partial charge in [0.2, 0.25) is 11.8 Å². The molecular weight excluding hydrogens is 863 g/mol. The Kier molecular flexibility index (Phi) is 19.2. The highest BCUT2D eigenvalue weighted by molar-refractivity contribution is 8.00. The molecule has 352 valence electrons. The van der Waals surface area contributed by atoms with E-state index in [0.29, 0.717) is 5.56 Å². The largest absolute Gasteiger partial charge is 0.460 e. The Hall–Kier alpha value is -6.81. The quantitative estimate of drug-likeness (QED) is 0.0184. The number of amides is 5. The van der Waals surface area contributed by atoms with Gasteiger partial charge in [0.15, 0.2) is 0 Å². The van der Waals surface area contributed by atoms with Crippen LogP contribution in [0, 0.1) is 0 Å². The minimum absolute atomic E-state index is 0.0176. The Morgan fingerprint density at radius 2 is 1.15 bits per heavy atom. The summed E-state index contributed by atoms with van der Waals surface area (Å²) < 4.78 is 20.6. The van der Waals surface area contributed by atoms with Gasteiger partial charge in [-0.2, -0.15) is 0 Å². The summed E-state index contributed by atoms with van der Waals surface area (Å²) in [6.07, 6.45) is -0.784. The topological polar surface area (TPSA) is 213 Å². The molecule has 0 fully saturated rings. The zero-order valence-electron chi connectivity index (χ0n) is 38.3. The van der Waals surface area contributed by atoms with Gasteiger partial charge < -0.3 is 45.9 Å². The molecule has 0 bridgehead atoms. The number of nitrogens with two attached hydrogens (primary N) is 1. The lowest BCUT2D eigenvalue weighted by molar-refractivity contribution is -0.144. The number of alkyl carbamates (subject to hydrolysis) is 2. The van der Waals surface area contributed by atoms with Gasteiger partial charge in [0.1, 0.15) is 41.7 Å². The van der Waals surface area contributed by atoms with Crippen molar-refractivity contribution in [2.75, 3.05) is 18.9 Å². The number of ether oxygens (including phenoxy) is 4. The van der Waals surface area contributed by atoms with Crippen molar-refractivity contribution in [3.05, 3.63) is 150 Å². The normalized spacial score (nSPS) is 12.8. The van der Waals surface area contributed by atoms with Crippen LogP contribution in [-0.2, 0) is 39.8 Å². The summed E-state index contributed by atoms with van der Waals surface area (Å²) in [5, 5.41) is 10.6. The van der Waals surface area contributed by atoms with Gasteiger partial charge in [-0.25, -0.2) is 19.2 Å². The highest BCUT2D eigenvalue weighted by atomic mass is 32.2. The van der Waals surface area contributed by atoms with Crippen molar-refractivity contribution in [3.8, 4) is 5.75 Å². The fraction of sp³-hybridized carbons (Fsp3) is 0.360. The Morgan fingerprint density at radius 3 is 1.64 bits per heavy atom. The van der Waals surface area contributed by atoms with Crippen molar-refractivity contribution in [2.45, 2.75) is 94.9 Å². The van der Waals surface area contributed by atoms with E-state index in [2.05, 4.69) is 27.8 Å². The molecule has 0 radical (unpaired) electrons. The van der Waals surface area contributed by atoms with E-state index >= 15 is 0 Å². The number of primary amides is 1. The lowest BCUT2D eigenvalue weighted by Crippen LogP contribution is -2.54. The maximum Gasteiger partial charge on any atom is 0.413 e. The number of esters is 1. The van der Waals surface area contributed by atoms with Crippen molar-refractivity contribution >= 4 is 47.8 Å². The van der Waals surface area contributed by atoms with Crippen LogP contribution in [0.3, 0.4) is 0 Å². The predicted molar refractivity (Wildman–Crippen MR) is 254 cm³/mol. The van der Waals surface area contributed by atoms with Gasteiger partial charge in [0, 0.05) is 18.7 Å². The maximum atomic E-state index is 14.1. The van der Waals surface area contributed by atoms with Crippen LogP contribution in [0.1, 0.15) is 76.6 Å². The van der Waals surface area contributed by atoms with Crippen molar-refractivity contribution < 1.29 is 47.7 Å². The van der Waals surface area contributed by atoms with Crippen LogP contribution in [0.15, 0.2) is 128 Å². The van der Waals surface area contributed by atoms with E-state index in [-0.39, 0.29) is 43.9 Å². The summed E-state index contributed by atoms with van der Waals surface area (Å²) in [4.78, 5) is 78.4. The van der Waals surface area contributed by atoms with Gasteiger partial charge in [-0.1, -0.05) is 116 Å². The first-order valence-electron chi connectivity index (χ1n) is 21.5. The first kappa shape index (κ1) is 51.8. The molecule has 66 heavy (non-hydrogen) atoms. The van der Waals surface area contributed by atoms with Crippen LogP contribution in [0.5, 0.6) is 5.75 Å². The first-order chi connectivity index (χ1) is 31.3. The van der Waals surface area contributed by atoms with Crippen molar-refractivity contribution in [2.24, 2.45) is 5.73 Å². The zero-order chi connectivity index (χ0) is 48.3. The predicted octanol–water partition coefficient (Wildman–Crippen LogP) is 7.31. The summed E-state index contributed by atoms with van der Waals surface area (Å²) in [5.41, 5.74) is 7.85. The molecule has 6 N–H and O–H groups in total. The molecule has 4 rings (SSSR count). The maximum absolute atomic E-state index is 14.1. The van der Waals surface area contributed by atoms with Crippen LogP contribution < -0.4 is 31.7 Å². The van der Waals surface area contributed by atoms with Crippen LogP contribution in [0.25, 0.3) is 0 Å². The van der Waals surface area contributed by atoms with Gasteiger partial charge in [-0.3, -0.25) is 9.59 Å². The Labute approximate surface area is 390 Å². The van der Waals surface area contributed by atoms with Crippen molar-refractivity contribution in [1.29, 1.82) is 0 Å². The first-order valence-corrected chi connectivity index (χ1v) is 22.5. The standard InChI is InChI=1S/C50H61N5O10S/c1-8-31-62-44(58)40(55-47(61)65-49(5,6)7)32-34-26-28-38(29-27-34)63-46(60)54-39(25-18-30-52-45(59)64-48(2,3)4)43(57)53-41(42(51)56)33-66-50(35-19-12-9-13-20-35,36-21-14-10-15-22-36)37-23-16-11-17-24-37/h8-17,19-24,26-29,39-41H,1,18,25,30-33H2,2-7H3,(H2,51,56)(H,52,59)(H,53,57)(H,54,60)(H,55,61)/t39?,40-,41-/m0/s1. The monoisotopic (exact) mass is 923 g/mol. The number of benzene rings is 4. The van der Waals surface area contributed by atoms with Crippen LogP contribution in [0.4, 0.5) is 14.4 Å². The molecule has 15 nitrogen and oxygen atoms in total. The Balaban J connectivity index is 1.53. The van der Waals surface area contributed by atoms with Crippen LogP contribution >= 0.6 is 11.8 Å². The van der Waals surface area contributed by atoms with Crippen molar-refractivity contribution in [3.63, 3.8) is 0 Å². The molecule has 16 heteroatoms. The molecule has 4 aromatic rings. The van der Waals surface area contributed by atoms with E-state index in [4.69, 9.17) is 24.7 Å². The van der Waals surface area contributed by atoms with Gasteiger partial charge >= 0.3 is 24.2 Å². The molecule has 3 atom stereocenters. The molecule has 0 aliphatic carbocycles. The van der Waals surface area contributed by atoms with Gasteiger partial charge in [0.05, 0.1) is 4.75 Å². The summed E-state index contributed by atoms with van der Waals surface area (Å²) >= 11 is 1.43. The minimum atomic E-state index is -1.24. The van der Waals surface area contributed by atoms with E-state index < -0.39 is 70.1 Å². The number of carbonyl (C=O) groups excluding carboxylic acids is 6. The fourth-order valence-corrected chi connectivity index (χ4v) is 8.19. The van der Waals surface area contributed by atoms with Crippen LogP contribution in [-0.4, -0.2) is 84.3 Å². The average Bonchev–Trinajstić information content (AvgIpc) is 3.26. The highest BCUT2D eigenvalue weighted by Crippen LogP contribution is 2.48. The summed E-state index contributed by atoms with van der Waals surface area (Å²) in [6.45, 7) is 13.9. The molecule has 4 aromatic carbocycles. The molecule has 5 amide bonds. The summed E-state index contributed by atoms with van der Waals surface area (Å²) in [7, 11) is 0. The third-order valence-electron chi connectivity index (χ3n) is 9.51. The minimum Gasteiger partial charge on any atom is -0.460 e. The number of carbonyl (C=O) groups is 6. The molecular formula is C50H61N5O10S. The summed E-state index contributed by atoms with van der Waals surface area (Å²) in [5.74, 6) is -2.06. The lowest BCUT2D eigenvalue weighted by Gasteiger charge is -2.36. The van der Waals surface area contributed by atoms with E-state index in [1.54, 1.807) is 53.7 Å². The Bertz CT molecular complexity index is 2130. The fourth-order valence-electron chi connectivity index (χ4n) is 6.62. The summed E-state index contributed by atoms with van der Waals surface area (Å²) in [6, 6.07) is 32.1. The second kappa shape index (κ2) is 24.5. The van der Waals surface area contributed by atoms with Crippen LogP contribution in [0.2, 0.25) is 0 Å². The van der Waals surface area contributed by atoms with E-state index in [9.17, 15) is 28.8 Å². The number of rotatable bonds is 21.